The number of aromatic nitrogens is 1. The number of methoxy groups -OCH3 is 1. The van der Waals surface area contributed by atoms with E-state index in [2.05, 4.69) is 5.16 Å². The Labute approximate surface area is 161 Å². The molecule has 1 amide bonds. The Balaban J connectivity index is 1.55. The highest BCUT2D eigenvalue weighted by Gasteiger charge is 2.36. The first-order valence-corrected chi connectivity index (χ1v) is 9.09. The van der Waals surface area contributed by atoms with E-state index in [1.807, 2.05) is 6.92 Å². The van der Waals surface area contributed by atoms with Crippen molar-refractivity contribution in [3.63, 3.8) is 0 Å². The van der Waals surface area contributed by atoms with Crippen LogP contribution in [0, 0.1) is 6.92 Å². The van der Waals surface area contributed by atoms with Crippen molar-refractivity contribution in [1.29, 1.82) is 0 Å². The van der Waals surface area contributed by atoms with Gasteiger partial charge in [0.15, 0.2) is 17.2 Å². The van der Waals surface area contributed by atoms with E-state index in [1.54, 1.807) is 48.4 Å². The average Bonchev–Trinajstić information content (AvgIpc) is 3.47. The van der Waals surface area contributed by atoms with Crippen molar-refractivity contribution >= 4 is 11.7 Å². The van der Waals surface area contributed by atoms with Crippen molar-refractivity contribution in [2.75, 3.05) is 13.7 Å². The van der Waals surface area contributed by atoms with Gasteiger partial charge in [-0.25, -0.2) is 0 Å². The number of ketones is 1. The smallest absolute Gasteiger partial charge is 0.276 e. The second-order valence-electron chi connectivity index (χ2n) is 6.76. The van der Waals surface area contributed by atoms with Gasteiger partial charge >= 0.3 is 0 Å². The summed E-state index contributed by atoms with van der Waals surface area (Å²) in [6, 6.07) is 9.79. The fraction of sp³-hybridized carbons (Fsp3) is 0.286. The third-order valence-corrected chi connectivity index (χ3v) is 4.99. The van der Waals surface area contributed by atoms with E-state index in [0.717, 1.165) is 17.7 Å². The third kappa shape index (κ3) is 3.19. The quantitative estimate of drug-likeness (QED) is 0.627. The Morgan fingerprint density at radius 2 is 2.07 bits per heavy atom. The molecule has 0 aliphatic carbocycles. The molecular weight excluding hydrogens is 360 g/mol. The van der Waals surface area contributed by atoms with Crippen LogP contribution in [0.1, 0.15) is 39.3 Å². The Bertz CT molecular complexity index is 1010. The predicted molar refractivity (Wildman–Crippen MR) is 100 cm³/mol. The zero-order chi connectivity index (χ0) is 19.7. The number of carbonyl (C=O) groups excluding carboxylic acids is 2. The van der Waals surface area contributed by atoms with Crippen molar-refractivity contribution in [2.24, 2.45) is 0 Å². The zero-order valence-corrected chi connectivity index (χ0v) is 15.7. The molecule has 4 rings (SSSR count). The monoisotopic (exact) mass is 380 g/mol. The standard InChI is InChI=1S/C21H20N2O5/c1-13-11-14(7-8-17(13)26-2)20(24)16-5-3-9-23(16)21(25)15-12-19(28-22-15)18-6-4-10-27-18/h4,6-8,10-12,16H,3,5,9H2,1-2H3. The molecule has 0 spiro atoms. The highest BCUT2D eigenvalue weighted by atomic mass is 16.5. The third-order valence-electron chi connectivity index (χ3n) is 4.99. The van der Waals surface area contributed by atoms with Gasteiger partial charge in [0.05, 0.1) is 19.4 Å². The van der Waals surface area contributed by atoms with Crippen molar-refractivity contribution in [1.82, 2.24) is 10.1 Å². The molecule has 7 heteroatoms. The number of furan rings is 1. The molecule has 144 valence electrons. The fourth-order valence-corrected chi connectivity index (χ4v) is 3.56. The van der Waals surface area contributed by atoms with Gasteiger partial charge in [0, 0.05) is 18.2 Å². The second-order valence-corrected chi connectivity index (χ2v) is 6.76. The van der Waals surface area contributed by atoms with E-state index < -0.39 is 6.04 Å². The van der Waals surface area contributed by atoms with Gasteiger partial charge in [0.25, 0.3) is 5.91 Å². The minimum Gasteiger partial charge on any atom is -0.496 e. The fourth-order valence-electron chi connectivity index (χ4n) is 3.56. The van der Waals surface area contributed by atoms with Crippen molar-refractivity contribution < 1.29 is 23.3 Å². The Morgan fingerprint density at radius 3 is 2.79 bits per heavy atom. The lowest BCUT2D eigenvalue weighted by Gasteiger charge is -2.23. The molecule has 0 saturated carbocycles. The summed E-state index contributed by atoms with van der Waals surface area (Å²) in [4.78, 5) is 27.6. The number of aryl methyl sites for hydroxylation is 1. The van der Waals surface area contributed by atoms with Crippen LogP contribution in [0.5, 0.6) is 5.75 Å². The number of carbonyl (C=O) groups is 2. The van der Waals surface area contributed by atoms with Crippen LogP contribution in [0.25, 0.3) is 11.5 Å². The summed E-state index contributed by atoms with van der Waals surface area (Å²) in [5, 5.41) is 3.87. The molecule has 1 aliphatic rings. The lowest BCUT2D eigenvalue weighted by molar-refractivity contribution is 0.0663. The van der Waals surface area contributed by atoms with E-state index in [4.69, 9.17) is 13.7 Å². The molecule has 28 heavy (non-hydrogen) atoms. The molecule has 0 N–H and O–H groups in total. The van der Waals surface area contributed by atoms with Crippen LogP contribution in [-0.4, -0.2) is 41.4 Å². The summed E-state index contributed by atoms with van der Waals surface area (Å²) < 4.78 is 15.7. The van der Waals surface area contributed by atoms with Gasteiger partial charge in [-0.1, -0.05) is 5.16 Å². The van der Waals surface area contributed by atoms with Gasteiger partial charge < -0.3 is 18.6 Å². The number of likely N-dealkylation sites (tertiary alicyclic amines) is 1. The first-order chi connectivity index (χ1) is 13.6. The average molecular weight is 380 g/mol. The first-order valence-electron chi connectivity index (χ1n) is 9.09. The predicted octanol–water partition coefficient (Wildman–Crippen LogP) is 3.74. The van der Waals surface area contributed by atoms with Crippen molar-refractivity contribution in [3.05, 3.63) is 59.5 Å². The van der Waals surface area contributed by atoms with Crippen molar-refractivity contribution in [2.45, 2.75) is 25.8 Å². The summed E-state index contributed by atoms with van der Waals surface area (Å²) >= 11 is 0. The van der Waals surface area contributed by atoms with E-state index in [0.29, 0.717) is 30.0 Å². The molecule has 1 aliphatic heterocycles. The van der Waals surface area contributed by atoms with Crippen LogP contribution in [-0.2, 0) is 0 Å². The molecule has 3 aromatic rings. The molecule has 2 aromatic heterocycles. The lowest BCUT2D eigenvalue weighted by atomic mass is 10.00. The highest BCUT2D eigenvalue weighted by Crippen LogP contribution is 2.27. The summed E-state index contributed by atoms with van der Waals surface area (Å²) in [6.45, 7) is 2.39. The van der Waals surface area contributed by atoms with Gasteiger partial charge in [-0.05, 0) is 55.7 Å². The number of ether oxygens (including phenoxy) is 1. The number of nitrogens with zero attached hydrogens (tertiary/aromatic N) is 2. The maximum absolute atomic E-state index is 13.0. The summed E-state index contributed by atoms with van der Waals surface area (Å²) in [5.74, 6) is 1.20. The van der Waals surface area contributed by atoms with Crippen LogP contribution in [0.3, 0.4) is 0 Å². The number of benzene rings is 1. The van der Waals surface area contributed by atoms with Crippen LogP contribution in [0.2, 0.25) is 0 Å². The maximum Gasteiger partial charge on any atom is 0.276 e. The van der Waals surface area contributed by atoms with Gasteiger partial charge in [0.1, 0.15) is 5.75 Å². The number of rotatable bonds is 5. The second kappa shape index (κ2) is 7.34. The van der Waals surface area contributed by atoms with Gasteiger partial charge in [0.2, 0.25) is 5.76 Å². The molecule has 0 bridgehead atoms. The van der Waals surface area contributed by atoms with E-state index >= 15 is 0 Å². The molecule has 3 heterocycles. The SMILES string of the molecule is COc1ccc(C(=O)C2CCCN2C(=O)c2cc(-c3ccco3)on2)cc1C. The minimum atomic E-state index is -0.510. The largest absolute Gasteiger partial charge is 0.496 e. The molecule has 1 aromatic carbocycles. The molecule has 1 unspecified atom stereocenters. The van der Waals surface area contributed by atoms with E-state index in [9.17, 15) is 9.59 Å². The molecule has 1 fully saturated rings. The molecular formula is C21H20N2O5. The minimum absolute atomic E-state index is 0.0774. The normalized spacial score (nSPS) is 16.4. The topological polar surface area (TPSA) is 85.8 Å². The maximum atomic E-state index is 13.0. The van der Waals surface area contributed by atoms with Gasteiger partial charge in [-0.2, -0.15) is 0 Å². The lowest BCUT2D eigenvalue weighted by Crippen LogP contribution is -2.40. The Kier molecular flexibility index (Phi) is 4.73. The molecule has 1 saturated heterocycles. The Morgan fingerprint density at radius 1 is 1.21 bits per heavy atom. The number of amides is 1. The zero-order valence-electron chi connectivity index (χ0n) is 15.7. The number of hydrogen-bond acceptors (Lipinski definition) is 6. The Hall–Kier alpha value is -3.35. The molecule has 7 nitrogen and oxygen atoms in total. The van der Waals surface area contributed by atoms with Crippen LogP contribution >= 0.6 is 0 Å². The van der Waals surface area contributed by atoms with Crippen LogP contribution in [0.4, 0.5) is 0 Å². The number of Topliss-reactive ketones (excluding diaryl/α,β-unsaturated/α-hetero) is 1. The van der Waals surface area contributed by atoms with Crippen molar-refractivity contribution in [3.8, 4) is 17.3 Å². The summed E-state index contributed by atoms with van der Waals surface area (Å²) in [5.41, 5.74) is 1.61. The summed E-state index contributed by atoms with van der Waals surface area (Å²) in [6.07, 6.45) is 2.91. The molecule has 1 atom stereocenters. The van der Waals surface area contributed by atoms with Gasteiger partial charge in [-0.3, -0.25) is 9.59 Å². The molecule has 0 radical (unpaired) electrons. The van der Waals surface area contributed by atoms with Gasteiger partial charge in [-0.15, -0.1) is 0 Å². The van der Waals surface area contributed by atoms with Crippen LogP contribution in [0.15, 0.2) is 51.6 Å². The number of hydrogen-bond donors (Lipinski definition) is 0. The van der Waals surface area contributed by atoms with Crippen LogP contribution < -0.4 is 4.74 Å². The summed E-state index contributed by atoms with van der Waals surface area (Å²) in [7, 11) is 1.59. The van der Waals surface area contributed by atoms with E-state index in [-0.39, 0.29) is 17.4 Å². The van der Waals surface area contributed by atoms with E-state index in [1.165, 1.54) is 6.26 Å². The highest BCUT2D eigenvalue weighted by molar-refractivity contribution is 6.04. The first kappa shape index (κ1) is 18.0.